The first-order valence-corrected chi connectivity index (χ1v) is 4.57. The number of hydrogen-bond acceptors (Lipinski definition) is 3. The first kappa shape index (κ1) is 10.7. The maximum Gasteiger partial charge on any atom is 0.312 e. The Bertz CT molecular complexity index is 265. The molecule has 0 aromatic carbocycles. The molecule has 5 nitrogen and oxygen atoms in total. The summed E-state index contributed by atoms with van der Waals surface area (Å²) < 4.78 is 0. The molecule has 0 aromatic heterocycles. The van der Waals surface area contributed by atoms with E-state index in [4.69, 9.17) is 0 Å². The lowest BCUT2D eigenvalue weighted by molar-refractivity contribution is -0.157. The fraction of sp³-hybridized carbons (Fsp3) is 0.667. The third-order valence-electron chi connectivity index (χ3n) is 2.45. The first-order valence-electron chi connectivity index (χ1n) is 4.57. The summed E-state index contributed by atoms with van der Waals surface area (Å²) in [7, 11) is 1.61. The Hall–Kier alpha value is -1.39. The van der Waals surface area contributed by atoms with E-state index in [2.05, 4.69) is 0 Å². The van der Waals surface area contributed by atoms with Crippen molar-refractivity contribution in [1.29, 1.82) is 0 Å². The molecule has 1 rings (SSSR count). The van der Waals surface area contributed by atoms with E-state index >= 15 is 0 Å². The highest BCUT2D eigenvalue weighted by Gasteiger charge is 2.34. The van der Waals surface area contributed by atoms with Crippen LogP contribution >= 0.6 is 0 Å². The summed E-state index contributed by atoms with van der Waals surface area (Å²) in [6.45, 7) is 2.72. The standard InChI is InChI=1S/C9H14N2O3/c1-7-6-11(4-3-5-12)9(14)8(13)10(7)2/h5,7H,3-4,6H2,1-2H3. The number of nitrogens with zero attached hydrogens (tertiary/aromatic N) is 2. The molecule has 1 aliphatic heterocycles. The van der Waals surface area contributed by atoms with Gasteiger partial charge in [-0.2, -0.15) is 0 Å². The van der Waals surface area contributed by atoms with Crippen molar-refractivity contribution in [2.45, 2.75) is 19.4 Å². The maximum atomic E-state index is 11.4. The zero-order valence-electron chi connectivity index (χ0n) is 8.40. The van der Waals surface area contributed by atoms with Crippen molar-refractivity contribution in [3.05, 3.63) is 0 Å². The van der Waals surface area contributed by atoms with Crippen molar-refractivity contribution in [3.63, 3.8) is 0 Å². The van der Waals surface area contributed by atoms with Gasteiger partial charge >= 0.3 is 11.8 Å². The molecule has 14 heavy (non-hydrogen) atoms. The number of carbonyl (C=O) groups is 3. The largest absolute Gasteiger partial charge is 0.333 e. The molecule has 1 heterocycles. The number of rotatable bonds is 3. The average Bonchev–Trinajstić information content (AvgIpc) is 2.18. The van der Waals surface area contributed by atoms with Gasteiger partial charge in [-0.3, -0.25) is 9.59 Å². The normalized spacial score (nSPS) is 22.9. The molecule has 1 aliphatic rings. The summed E-state index contributed by atoms with van der Waals surface area (Å²) in [5.74, 6) is -0.998. The van der Waals surface area contributed by atoms with Crippen LogP contribution in [0.1, 0.15) is 13.3 Å². The van der Waals surface area contributed by atoms with Gasteiger partial charge in [-0.1, -0.05) is 0 Å². The van der Waals surface area contributed by atoms with Crippen LogP contribution in [-0.4, -0.2) is 54.1 Å². The SMILES string of the molecule is CC1CN(CCC=O)C(=O)C(=O)N1C. The Kier molecular flexibility index (Phi) is 3.22. The topological polar surface area (TPSA) is 57.7 Å². The van der Waals surface area contributed by atoms with Crippen LogP contribution in [-0.2, 0) is 14.4 Å². The molecular weight excluding hydrogens is 184 g/mol. The highest BCUT2D eigenvalue weighted by atomic mass is 16.2. The Morgan fingerprint density at radius 1 is 1.43 bits per heavy atom. The lowest BCUT2D eigenvalue weighted by atomic mass is 10.2. The van der Waals surface area contributed by atoms with Gasteiger partial charge in [-0.05, 0) is 6.92 Å². The van der Waals surface area contributed by atoms with E-state index in [1.54, 1.807) is 7.05 Å². The summed E-state index contributed by atoms with van der Waals surface area (Å²) in [6, 6.07) is 0.0202. The van der Waals surface area contributed by atoms with Crippen molar-refractivity contribution in [2.75, 3.05) is 20.1 Å². The number of amides is 2. The molecule has 0 spiro atoms. The van der Waals surface area contributed by atoms with Crippen molar-refractivity contribution in [2.24, 2.45) is 0 Å². The zero-order valence-corrected chi connectivity index (χ0v) is 8.40. The van der Waals surface area contributed by atoms with Crippen LogP contribution in [0.4, 0.5) is 0 Å². The Balaban J connectivity index is 2.65. The third-order valence-corrected chi connectivity index (χ3v) is 2.45. The average molecular weight is 198 g/mol. The molecule has 2 amide bonds. The molecule has 5 heteroatoms. The van der Waals surface area contributed by atoms with Gasteiger partial charge < -0.3 is 14.6 Å². The van der Waals surface area contributed by atoms with Gasteiger partial charge in [0.05, 0.1) is 0 Å². The molecule has 1 atom stereocenters. The molecule has 0 saturated carbocycles. The maximum absolute atomic E-state index is 11.4. The molecule has 0 aromatic rings. The number of hydrogen-bond donors (Lipinski definition) is 0. The third kappa shape index (κ3) is 1.92. The van der Waals surface area contributed by atoms with Gasteiger partial charge in [-0.25, -0.2) is 0 Å². The Morgan fingerprint density at radius 3 is 2.64 bits per heavy atom. The first-order chi connectivity index (χ1) is 6.57. The van der Waals surface area contributed by atoms with E-state index in [9.17, 15) is 14.4 Å². The van der Waals surface area contributed by atoms with E-state index in [-0.39, 0.29) is 12.5 Å². The van der Waals surface area contributed by atoms with Gasteiger partial charge in [0.2, 0.25) is 0 Å². The summed E-state index contributed by atoms with van der Waals surface area (Å²) >= 11 is 0. The van der Waals surface area contributed by atoms with E-state index in [0.717, 1.165) is 6.29 Å². The van der Waals surface area contributed by atoms with E-state index < -0.39 is 11.8 Å². The van der Waals surface area contributed by atoms with Crippen LogP contribution in [0.3, 0.4) is 0 Å². The predicted molar refractivity (Wildman–Crippen MR) is 49.5 cm³/mol. The van der Waals surface area contributed by atoms with E-state index in [1.807, 2.05) is 6.92 Å². The van der Waals surface area contributed by atoms with Crippen LogP contribution in [0.5, 0.6) is 0 Å². The minimum atomic E-state index is -0.507. The van der Waals surface area contributed by atoms with E-state index in [1.165, 1.54) is 9.80 Å². The number of piperazine rings is 1. The van der Waals surface area contributed by atoms with Crippen molar-refractivity contribution < 1.29 is 14.4 Å². The van der Waals surface area contributed by atoms with Crippen LogP contribution in [0, 0.1) is 0 Å². The molecular formula is C9H14N2O3. The van der Waals surface area contributed by atoms with Crippen LogP contribution < -0.4 is 0 Å². The molecule has 0 bridgehead atoms. The Labute approximate surface area is 82.7 Å². The summed E-state index contributed by atoms with van der Waals surface area (Å²) in [5.41, 5.74) is 0. The molecule has 0 N–H and O–H groups in total. The van der Waals surface area contributed by atoms with Crippen molar-refractivity contribution >= 4 is 18.1 Å². The lowest BCUT2D eigenvalue weighted by Crippen LogP contribution is -2.57. The molecule has 0 radical (unpaired) electrons. The Morgan fingerprint density at radius 2 is 2.07 bits per heavy atom. The molecule has 1 unspecified atom stereocenters. The second-order valence-corrected chi connectivity index (χ2v) is 3.47. The van der Waals surface area contributed by atoms with Crippen molar-refractivity contribution in [3.8, 4) is 0 Å². The van der Waals surface area contributed by atoms with Crippen molar-refractivity contribution in [1.82, 2.24) is 9.80 Å². The monoisotopic (exact) mass is 198 g/mol. The smallest absolute Gasteiger partial charge is 0.312 e. The zero-order chi connectivity index (χ0) is 10.7. The molecule has 1 fully saturated rings. The predicted octanol–water partition coefficient (Wildman–Crippen LogP) is -0.735. The summed E-state index contributed by atoms with van der Waals surface area (Å²) in [6.07, 6.45) is 1.04. The minimum Gasteiger partial charge on any atom is -0.333 e. The van der Waals surface area contributed by atoms with Crippen LogP contribution in [0.25, 0.3) is 0 Å². The second kappa shape index (κ2) is 4.21. The number of aldehydes is 1. The van der Waals surface area contributed by atoms with Gasteiger partial charge in [0.15, 0.2) is 0 Å². The summed E-state index contributed by atoms with van der Waals surface area (Å²) in [5, 5.41) is 0. The molecule has 1 saturated heterocycles. The fourth-order valence-corrected chi connectivity index (χ4v) is 1.41. The van der Waals surface area contributed by atoms with Gasteiger partial charge in [0, 0.05) is 32.6 Å². The number of carbonyl (C=O) groups excluding carboxylic acids is 3. The molecule has 0 aliphatic carbocycles. The second-order valence-electron chi connectivity index (χ2n) is 3.47. The van der Waals surface area contributed by atoms with Crippen LogP contribution in [0.15, 0.2) is 0 Å². The molecule has 78 valence electrons. The van der Waals surface area contributed by atoms with Gasteiger partial charge in [-0.15, -0.1) is 0 Å². The highest BCUT2D eigenvalue weighted by Crippen LogP contribution is 2.09. The van der Waals surface area contributed by atoms with E-state index in [0.29, 0.717) is 13.1 Å². The highest BCUT2D eigenvalue weighted by molar-refractivity contribution is 6.35. The van der Waals surface area contributed by atoms with Gasteiger partial charge in [0.1, 0.15) is 6.29 Å². The lowest BCUT2D eigenvalue weighted by Gasteiger charge is -2.36. The summed E-state index contributed by atoms with van der Waals surface area (Å²) in [4.78, 5) is 35.8. The quantitative estimate of drug-likeness (QED) is 0.443. The van der Waals surface area contributed by atoms with Gasteiger partial charge in [0.25, 0.3) is 0 Å². The fourth-order valence-electron chi connectivity index (χ4n) is 1.41. The minimum absolute atomic E-state index is 0.0202. The van der Waals surface area contributed by atoms with Crippen LogP contribution in [0.2, 0.25) is 0 Å². The number of likely N-dealkylation sites (N-methyl/N-ethyl adjacent to an activating group) is 1.